The van der Waals surface area contributed by atoms with E-state index in [-0.39, 0.29) is 11.8 Å². The van der Waals surface area contributed by atoms with Crippen LogP contribution in [0.3, 0.4) is 0 Å². The van der Waals surface area contributed by atoms with Gasteiger partial charge in [0, 0.05) is 18.4 Å². The van der Waals surface area contributed by atoms with Crippen LogP contribution >= 0.6 is 0 Å². The highest BCUT2D eigenvalue weighted by Crippen LogP contribution is 2.34. The second kappa shape index (κ2) is 5.96. The summed E-state index contributed by atoms with van der Waals surface area (Å²) in [6, 6.07) is 8.53. The van der Waals surface area contributed by atoms with E-state index in [0.717, 1.165) is 25.8 Å². The number of amides is 1. The molecule has 1 fully saturated rings. The van der Waals surface area contributed by atoms with Crippen LogP contribution in [-0.4, -0.2) is 19.0 Å². The minimum Gasteiger partial charge on any atom is -0.355 e. The summed E-state index contributed by atoms with van der Waals surface area (Å²) in [4.78, 5) is 12.4. The third kappa shape index (κ3) is 2.59. The molecule has 3 heteroatoms. The summed E-state index contributed by atoms with van der Waals surface area (Å²) in [6.45, 7) is 1.42. The minimum absolute atomic E-state index is 0.143. The van der Waals surface area contributed by atoms with E-state index in [1.165, 1.54) is 24.0 Å². The van der Waals surface area contributed by atoms with Crippen molar-refractivity contribution in [3.63, 3.8) is 0 Å². The molecule has 0 aliphatic heterocycles. The molecule has 1 aromatic rings. The number of rotatable bonds is 4. The van der Waals surface area contributed by atoms with Gasteiger partial charge in [-0.1, -0.05) is 37.1 Å². The predicted molar refractivity (Wildman–Crippen MR) is 80.4 cm³/mol. The molecule has 3 N–H and O–H groups in total. The summed E-state index contributed by atoms with van der Waals surface area (Å²) < 4.78 is 0. The van der Waals surface area contributed by atoms with E-state index < -0.39 is 0 Å². The zero-order valence-electron chi connectivity index (χ0n) is 12.0. The first-order valence-electron chi connectivity index (χ1n) is 7.85. The third-order valence-electron chi connectivity index (χ3n) is 5.03. The van der Waals surface area contributed by atoms with Crippen LogP contribution in [-0.2, 0) is 11.2 Å². The van der Waals surface area contributed by atoms with E-state index in [0.29, 0.717) is 18.4 Å². The second-order valence-electron chi connectivity index (χ2n) is 6.23. The van der Waals surface area contributed by atoms with Gasteiger partial charge >= 0.3 is 0 Å². The van der Waals surface area contributed by atoms with E-state index >= 15 is 0 Å². The number of carbonyl (C=O) groups is 1. The SMILES string of the molecule is NCC1CCCCC1C(=O)NCC1Cc2ccccc21. The number of nitrogens with one attached hydrogen (secondary N) is 1. The Balaban J connectivity index is 1.53. The highest BCUT2D eigenvalue weighted by atomic mass is 16.1. The quantitative estimate of drug-likeness (QED) is 0.883. The first-order valence-corrected chi connectivity index (χ1v) is 7.85. The number of fused-ring (bicyclic) bond motifs is 1. The molecule has 108 valence electrons. The van der Waals surface area contributed by atoms with Gasteiger partial charge in [0.2, 0.25) is 5.91 Å². The summed E-state index contributed by atoms with van der Waals surface area (Å²) in [5.74, 6) is 1.26. The van der Waals surface area contributed by atoms with Gasteiger partial charge in [-0.05, 0) is 42.9 Å². The molecule has 0 heterocycles. The molecule has 0 spiro atoms. The molecule has 20 heavy (non-hydrogen) atoms. The average Bonchev–Trinajstić information content (AvgIpc) is 2.48. The van der Waals surface area contributed by atoms with Crippen LogP contribution in [0, 0.1) is 11.8 Å². The van der Waals surface area contributed by atoms with Crippen molar-refractivity contribution in [1.82, 2.24) is 5.32 Å². The van der Waals surface area contributed by atoms with Gasteiger partial charge in [0.25, 0.3) is 0 Å². The van der Waals surface area contributed by atoms with E-state index in [4.69, 9.17) is 5.73 Å². The average molecular weight is 272 g/mol. The number of benzene rings is 1. The molecule has 3 unspecified atom stereocenters. The third-order valence-corrected chi connectivity index (χ3v) is 5.03. The van der Waals surface area contributed by atoms with Crippen LogP contribution in [0.1, 0.15) is 42.7 Å². The second-order valence-corrected chi connectivity index (χ2v) is 6.23. The Morgan fingerprint density at radius 1 is 1.25 bits per heavy atom. The smallest absolute Gasteiger partial charge is 0.223 e. The van der Waals surface area contributed by atoms with E-state index in [9.17, 15) is 4.79 Å². The zero-order chi connectivity index (χ0) is 13.9. The van der Waals surface area contributed by atoms with Crippen molar-refractivity contribution in [3.8, 4) is 0 Å². The van der Waals surface area contributed by atoms with Crippen LogP contribution < -0.4 is 11.1 Å². The first-order chi connectivity index (χ1) is 9.79. The molecular formula is C17H24N2O. The summed E-state index contributed by atoms with van der Waals surface area (Å²) in [5.41, 5.74) is 8.65. The van der Waals surface area contributed by atoms with Gasteiger partial charge in [0.1, 0.15) is 0 Å². The van der Waals surface area contributed by atoms with E-state index in [2.05, 4.69) is 29.6 Å². The molecule has 0 aromatic heterocycles. The Kier molecular flexibility index (Phi) is 4.06. The normalized spacial score (nSPS) is 28.4. The monoisotopic (exact) mass is 272 g/mol. The summed E-state index contributed by atoms with van der Waals surface area (Å²) in [5, 5.41) is 3.17. The molecule has 2 aliphatic rings. The van der Waals surface area contributed by atoms with Gasteiger partial charge in [0.05, 0.1) is 0 Å². The Bertz CT molecular complexity index is 486. The lowest BCUT2D eigenvalue weighted by Crippen LogP contribution is -2.42. The van der Waals surface area contributed by atoms with Crippen molar-refractivity contribution in [1.29, 1.82) is 0 Å². The molecule has 0 saturated heterocycles. The molecule has 3 atom stereocenters. The van der Waals surface area contributed by atoms with Crippen LogP contribution in [0.2, 0.25) is 0 Å². The van der Waals surface area contributed by atoms with Crippen LogP contribution in [0.5, 0.6) is 0 Å². The Morgan fingerprint density at radius 2 is 2.05 bits per heavy atom. The maximum Gasteiger partial charge on any atom is 0.223 e. The summed E-state index contributed by atoms with van der Waals surface area (Å²) in [7, 11) is 0. The molecule has 0 bridgehead atoms. The molecular weight excluding hydrogens is 248 g/mol. The summed E-state index contributed by atoms with van der Waals surface area (Å²) >= 11 is 0. The molecule has 1 amide bonds. The van der Waals surface area contributed by atoms with Gasteiger partial charge in [-0.15, -0.1) is 0 Å². The van der Waals surface area contributed by atoms with Crippen molar-refractivity contribution in [2.75, 3.05) is 13.1 Å². The zero-order valence-corrected chi connectivity index (χ0v) is 12.0. The Labute approximate surface area is 120 Å². The van der Waals surface area contributed by atoms with Crippen molar-refractivity contribution < 1.29 is 4.79 Å². The standard InChI is InChI=1S/C17H24N2O/c18-10-13-6-2-4-8-16(13)17(20)19-11-14-9-12-5-1-3-7-15(12)14/h1,3,5,7,13-14,16H,2,4,6,8-11,18H2,(H,19,20). The van der Waals surface area contributed by atoms with Crippen molar-refractivity contribution in [3.05, 3.63) is 35.4 Å². The molecule has 3 nitrogen and oxygen atoms in total. The Morgan fingerprint density at radius 3 is 2.85 bits per heavy atom. The fourth-order valence-electron chi connectivity index (χ4n) is 3.73. The fourth-order valence-corrected chi connectivity index (χ4v) is 3.73. The highest BCUT2D eigenvalue weighted by molar-refractivity contribution is 5.79. The highest BCUT2D eigenvalue weighted by Gasteiger charge is 2.31. The number of hydrogen-bond acceptors (Lipinski definition) is 2. The van der Waals surface area contributed by atoms with Crippen molar-refractivity contribution in [2.45, 2.75) is 38.0 Å². The lowest BCUT2D eigenvalue weighted by atomic mass is 9.76. The number of hydrogen-bond donors (Lipinski definition) is 2. The van der Waals surface area contributed by atoms with E-state index in [1.54, 1.807) is 0 Å². The van der Waals surface area contributed by atoms with Gasteiger partial charge < -0.3 is 11.1 Å². The predicted octanol–water partition coefficient (Wildman–Crippen LogP) is 2.21. The lowest BCUT2D eigenvalue weighted by Gasteiger charge is -2.33. The Hall–Kier alpha value is -1.35. The minimum atomic E-state index is 0.143. The van der Waals surface area contributed by atoms with Crippen molar-refractivity contribution >= 4 is 5.91 Å². The van der Waals surface area contributed by atoms with Gasteiger partial charge in [-0.2, -0.15) is 0 Å². The van der Waals surface area contributed by atoms with E-state index in [1.807, 2.05) is 0 Å². The van der Waals surface area contributed by atoms with Gasteiger partial charge in [0.15, 0.2) is 0 Å². The molecule has 3 rings (SSSR count). The first kappa shape index (κ1) is 13.6. The number of carbonyl (C=O) groups excluding carboxylic acids is 1. The van der Waals surface area contributed by atoms with Gasteiger partial charge in [-0.25, -0.2) is 0 Å². The molecule has 0 radical (unpaired) electrons. The maximum absolute atomic E-state index is 12.4. The molecule has 2 aliphatic carbocycles. The number of nitrogens with two attached hydrogens (primary N) is 1. The van der Waals surface area contributed by atoms with Gasteiger partial charge in [-0.3, -0.25) is 4.79 Å². The topological polar surface area (TPSA) is 55.1 Å². The van der Waals surface area contributed by atoms with Crippen LogP contribution in [0.25, 0.3) is 0 Å². The largest absolute Gasteiger partial charge is 0.355 e. The molecule has 1 aromatic carbocycles. The fraction of sp³-hybridized carbons (Fsp3) is 0.588. The van der Waals surface area contributed by atoms with Crippen LogP contribution in [0.15, 0.2) is 24.3 Å². The van der Waals surface area contributed by atoms with Crippen LogP contribution in [0.4, 0.5) is 0 Å². The molecule has 1 saturated carbocycles. The van der Waals surface area contributed by atoms with Crippen molar-refractivity contribution in [2.24, 2.45) is 17.6 Å². The maximum atomic E-state index is 12.4. The lowest BCUT2D eigenvalue weighted by molar-refractivity contribution is -0.127. The summed E-state index contributed by atoms with van der Waals surface area (Å²) in [6.07, 6.45) is 5.61.